The molecule has 0 saturated heterocycles. The lowest BCUT2D eigenvalue weighted by molar-refractivity contribution is -0.128. The van der Waals surface area contributed by atoms with Crippen LogP contribution in [0.25, 0.3) is 0 Å². The molecule has 0 radical (unpaired) electrons. The number of hydrogen-bond donors (Lipinski definition) is 1. The van der Waals surface area contributed by atoms with E-state index in [1.54, 1.807) is 0 Å². The molecule has 152 valence electrons. The van der Waals surface area contributed by atoms with E-state index in [2.05, 4.69) is 31.0 Å². The number of carbonyl (C=O) groups is 2. The number of hydrogen-bond acceptors (Lipinski definition) is 3. The quantitative estimate of drug-likeness (QED) is 0.424. The minimum Gasteiger partial charge on any atom is -0.325 e. The Morgan fingerprint density at radius 3 is 2.43 bits per heavy atom. The van der Waals surface area contributed by atoms with Crippen molar-refractivity contribution in [1.29, 1.82) is 0 Å². The Kier molecular flexibility index (Phi) is 9.12. The molecule has 1 aromatic rings. The topological polar surface area (TPSA) is 46.2 Å². The number of rotatable bonds is 7. The molecule has 0 unspecified atom stereocenters. The number of carbonyl (C=O) groups excluding carboxylic acids is 2. The van der Waals surface area contributed by atoms with Crippen LogP contribution in [-0.4, -0.2) is 11.0 Å². The van der Waals surface area contributed by atoms with Gasteiger partial charge in [0, 0.05) is 16.7 Å². The largest absolute Gasteiger partial charge is 0.325 e. The van der Waals surface area contributed by atoms with Gasteiger partial charge >= 0.3 is 0 Å². The van der Waals surface area contributed by atoms with Gasteiger partial charge in [-0.15, -0.1) is 0 Å². The summed E-state index contributed by atoms with van der Waals surface area (Å²) in [6, 6.07) is 7.55. The molecule has 0 atom stereocenters. The second kappa shape index (κ2) is 11.3. The van der Waals surface area contributed by atoms with Crippen LogP contribution in [0.1, 0.15) is 78.6 Å². The van der Waals surface area contributed by atoms with Crippen molar-refractivity contribution in [1.82, 2.24) is 0 Å². The minimum absolute atomic E-state index is 0.124. The molecule has 28 heavy (non-hydrogen) atoms. The highest BCUT2D eigenvalue weighted by Crippen LogP contribution is 2.44. The zero-order chi connectivity index (χ0) is 20.4. The third-order valence-electron chi connectivity index (χ3n) is 5.83. The zero-order valence-electron chi connectivity index (χ0n) is 17.5. The van der Waals surface area contributed by atoms with Crippen LogP contribution in [0.15, 0.2) is 29.2 Å². The minimum atomic E-state index is -0.279. The summed E-state index contributed by atoms with van der Waals surface area (Å²) >= 11 is 1.09. The summed E-state index contributed by atoms with van der Waals surface area (Å²) < 4.78 is 0. The molecule has 2 rings (SSSR count). The Hall–Kier alpha value is -1.73. The van der Waals surface area contributed by atoms with Crippen LogP contribution in [0.2, 0.25) is 0 Å². The Morgan fingerprint density at radius 1 is 1.11 bits per heavy atom. The number of anilines is 1. The van der Waals surface area contributed by atoms with Gasteiger partial charge in [0.25, 0.3) is 5.12 Å². The van der Waals surface area contributed by atoms with Crippen LogP contribution in [0.3, 0.4) is 0 Å². The van der Waals surface area contributed by atoms with E-state index >= 15 is 0 Å². The highest BCUT2D eigenvalue weighted by atomic mass is 32.2. The molecule has 1 amide bonds. The van der Waals surface area contributed by atoms with Crippen molar-refractivity contribution in [2.45, 2.75) is 83.5 Å². The van der Waals surface area contributed by atoms with E-state index in [0.29, 0.717) is 12.3 Å². The fourth-order valence-electron chi connectivity index (χ4n) is 4.08. The van der Waals surface area contributed by atoms with E-state index in [4.69, 9.17) is 0 Å². The Morgan fingerprint density at radius 2 is 1.79 bits per heavy atom. The third kappa shape index (κ3) is 6.14. The first-order valence-corrected chi connectivity index (χ1v) is 11.5. The SMILES string of the molecule is CCC#CC(=O)Sc1ccccc1NC(=O)C1(CC(CC)CC)CCCCC1. The molecular weight excluding hydrogens is 366 g/mol. The second-order valence-corrected chi connectivity index (χ2v) is 8.74. The van der Waals surface area contributed by atoms with Crippen LogP contribution >= 0.6 is 11.8 Å². The van der Waals surface area contributed by atoms with Crippen LogP contribution in [0.4, 0.5) is 5.69 Å². The van der Waals surface area contributed by atoms with Gasteiger partial charge < -0.3 is 5.32 Å². The molecule has 1 aliphatic carbocycles. The first-order valence-electron chi connectivity index (χ1n) is 10.7. The highest BCUT2D eigenvalue weighted by Gasteiger charge is 2.40. The average molecular weight is 400 g/mol. The smallest absolute Gasteiger partial charge is 0.267 e. The van der Waals surface area contributed by atoms with Gasteiger partial charge in [-0.1, -0.05) is 70.9 Å². The van der Waals surface area contributed by atoms with Crippen molar-refractivity contribution >= 4 is 28.5 Å². The predicted molar refractivity (Wildman–Crippen MR) is 118 cm³/mol. The van der Waals surface area contributed by atoms with Gasteiger partial charge in [-0.05, 0) is 55.0 Å². The third-order valence-corrected chi connectivity index (χ3v) is 6.69. The number of para-hydroxylation sites is 1. The lowest BCUT2D eigenvalue weighted by Gasteiger charge is -2.38. The van der Waals surface area contributed by atoms with Gasteiger partial charge in [-0.25, -0.2) is 0 Å². The van der Waals surface area contributed by atoms with Crippen molar-refractivity contribution in [3.05, 3.63) is 24.3 Å². The molecule has 0 spiro atoms. The van der Waals surface area contributed by atoms with Crippen LogP contribution in [0.5, 0.6) is 0 Å². The summed E-state index contributed by atoms with van der Waals surface area (Å²) in [5.41, 5.74) is 0.442. The Labute approximate surface area is 174 Å². The Balaban J connectivity index is 2.20. The summed E-state index contributed by atoms with van der Waals surface area (Å²) in [4.78, 5) is 26.3. The van der Waals surface area contributed by atoms with E-state index in [9.17, 15) is 9.59 Å². The van der Waals surface area contributed by atoms with E-state index in [0.717, 1.165) is 67.3 Å². The molecule has 1 aromatic carbocycles. The van der Waals surface area contributed by atoms with Gasteiger partial charge in [0.2, 0.25) is 5.91 Å². The van der Waals surface area contributed by atoms with Crippen molar-refractivity contribution in [2.24, 2.45) is 11.3 Å². The van der Waals surface area contributed by atoms with Gasteiger partial charge in [0.1, 0.15) is 0 Å². The Bertz CT molecular complexity index is 722. The summed E-state index contributed by atoms with van der Waals surface area (Å²) in [6.07, 6.45) is 9.23. The second-order valence-electron chi connectivity index (χ2n) is 7.72. The number of amides is 1. The van der Waals surface area contributed by atoms with E-state index in [-0.39, 0.29) is 16.4 Å². The summed E-state index contributed by atoms with van der Waals surface area (Å²) in [5.74, 6) is 6.15. The summed E-state index contributed by atoms with van der Waals surface area (Å²) in [5, 5.41) is 2.99. The van der Waals surface area contributed by atoms with Crippen molar-refractivity contribution in [3.8, 4) is 11.8 Å². The highest BCUT2D eigenvalue weighted by molar-refractivity contribution is 8.14. The maximum Gasteiger partial charge on any atom is 0.267 e. The monoisotopic (exact) mass is 399 g/mol. The first-order chi connectivity index (χ1) is 13.5. The van der Waals surface area contributed by atoms with Crippen LogP contribution < -0.4 is 5.32 Å². The molecule has 1 aliphatic rings. The van der Waals surface area contributed by atoms with E-state index in [1.165, 1.54) is 6.42 Å². The predicted octanol–water partition coefficient (Wildman–Crippen LogP) is 6.43. The first kappa shape index (κ1) is 22.6. The van der Waals surface area contributed by atoms with Gasteiger partial charge in [0.05, 0.1) is 5.69 Å². The maximum atomic E-state index is 13.4. The molecule has 3 nitrogen and oxygen atoms in total. The van der Waals surface area contributed by atoms with Crippen LogP contribution in [0, 0.1) is 23.2 Å². The van der Waals surface area contributed by atoms with Crippen molar-refractivity contribution in [2.75, 3.05) is 5.32 Å². The molecular formula is C24H33NO2S. The maximum absolute atomic E-state index is 13.4. The molecule has 4 heteroatoms. The normalized spacial score (nSPS) is 15.6. The molecule has 0 aliphatic heterocycles. The summed E-state index contributed by atoms with van der Waals surface area (Å²) in [6.45, 7) is 6.36. The molecule has 1 N–H and O–H groups in total. The lowest BCUT2D eigenvalue weighted by Crippen LogP contribution is -2.39. The fourth-order valence-corrected chi connectivity index (χ4v) is 4.78. The van der Waals surface area contributed by atoms with E-state index in [1.807, 2.05) is 31.2 Å². The summed E-state index contributed by atoms with van der Waals surface area (Å²) in [7, 11) is 0. The molecule has 0 aromatic heterocycles. The van der Waals surface area contributed by atoms with Crippen molar-refractivity contribution in [3.63, 3.8) is 0 Å². The number of thioether (sulfide) groups is 1. The molecule has 0 bridgehead atoms. The molecule has 1 fully saturated rings. The van der Waals surface area contributed by atoms with E-state index < -0.39 is 0 Å². The number of nitrogens with one attached hydrogen (secondary N) is 1. The van der Waals surface area contributed by atoms with Gasteiger partial charge in [-0.2, -0.15) is 0 Å². The standard InChI is InChI=1S/C24H33NO2S/c1-4-7-15-22(26)28-21-14-10-9-13-20(21)25-23(27)24(16-11-8-12-17-24)18-19(5-2)6-3/h9-10,13-14,19H,4-6,8,11-12,16-18H2,1-3H3,(H,25,27). The van der Waals surface area contributed by atoms with Gasteiger partial charge in [0.15, 0.2) is 0 Å². The average Bonchev–Trinajstić information content (AvgIpc) is 2.72. The van der Waals surface area contributed by atoms with Crippen molar-refractivity contribution < 1.29 is 9.59 Å². The molecule has 0 heterocycles. The van der Waals surface area contributed by atoms with Crippen LogP contribution in [-0.2, 0) is 9.59 Å². The molecule has 1 saturated carbocycles. The lowest BCUT2D eigenvalue weighted by atomic mass is 9.67. The van der Waals surface area contributed by atoms with Gasteiger partial charge in [-0.3, -0.25) is 9.59 Å². The zero-order valence-corrected chi connectivity index (χ0v) is 18.3. The fraction of sp³-hybridized carbons (Fsp3) is 0.583. The number of benzene rings is 1.